The lowest BCUT2D eigenvalue weighted by Crippen LogP contribution is -2.39. The highest BCUT2D eigenvalue weighted by molar-refractivity contribution is 7.89. The monoisotopic (exact) mass is 279 g/mol. The summed E-state index contributed by atoms with van der Waals surface area (Å²) in [5.74, 6) is -1.94. The molecule has 1 atom stereocenters. The van der Waals surface area contributed by atoms with Gasteiger partial charge in [0, 0.05) is 6.04 Å². The van der Waals surface area contributed by atoms with Crippen LogP contribution in [-0.4, -0.2) is 44.4 Å². The van der Waals surface area contributed by atoms with E-state index in [1.54, 1.807) is 0 Å². The molecule has 2 N–H and O–H groups in total. The molecule has 0 saturated heterocycles. The van der Waals surface area contributed by atoms with Crippen molar-refractivity contribution < 1.29 is 27.9 Å². The molecule has 0 aromatic rings. The molecule has 1 rings (SSSR count). The lowest BCUT2D eigenvalue weighted by Gasteiger charge is -2.15. The Labute approximate surface area is 106 Å². The predicted molar refractivity (Wildman–Crippen MR) is 62.3 cm³/mol. The first kappa shape index (κ1) is 14.9. The zero-order valence-corrected chi connectivity index (χ0v) is 10.9. The smallest absolute Gasteiger partial charge is 0.306 e. The third kappa shape index (κ3) is 5.46. The fourth-order valence-corrected chi connectivity index (χ4v) is 2.89. The fraction of sp³-hybridized carbons (Fsp3) is 0.800. The van der Waals surface area contributed by atoms with Gasteiger partial charge in [-0.05, 0) is 18.8 Å². The van der Waals surface area contributed by atoms with Gasteiger partial charge in [-0.2, -0.15) is 0 Å². The van der Waals surface area contributed by atoms with Gasteiger partial charge in [0.1, 0.15) is 0 Å². The van der Waals surface area contributed by atoms with Crippen LogP contribution in [0.3, 0.4) is 0 Å². The van der Waals surface area contributed by atoms with Crippen molar-refractivity contribution in [3.8, 4) is 0 Å². The van der Waals surface area contributed by atoms with Gasteiger partial charge >= 0.3 is 11.9 Å². The van der Waals surface area contributed by atoms with Crippen LogP contribution in [0.5, 0.6) is 0 Å². The minimum Gasteiger partial charge on any atom is -0.481 e. The largest absolute Gasteiger partial charge is 0.481 e. The summed E-state index contributed by atoms with van der Waals surface area (Å²) >= 11 is 0. The maximum atomic E-state index is 11.7. The van der Waals surface area contributed by atoms with Crippen LogP contribution >= 0.6 is 0 Å². The van der Waals surface area contributed by atoms with E-state index in [1.165, 1.54) is 7.11 Å². The molecule has 0 aromatic carbocycles. The van der Waals surface area contributed by atoms with Gasteiger partial charge < -0.3 is 9.84 Å². The van der Waals surface area contributed by atoms with Crippen molar-refractivity contribution in [2.45, 2.75) is 31.7 Å². The highest BCUT2D eigenvalue weighted by atomic mass is 32.2. The molecule has 18 heavy (non-hydrogen) atoms. The number of carbonyl (C=O) groups excluding carboxylic acids is 1. The van der Waals surface area contributed by atoms with Crippen molar-refractivity contribution in [3.63, 3.8) is 0 Å². The molecule has 0 bridgehead atoms. The van der Waals surface area contributed by atoms with Crippen LogP contribution in [0.2, 0.25) is 0 Å². The number of esters is 1. The molecule has 0 aliphatic heterocycles. The summed E-state index contributed by atoms with van der Waals surface area (Å²) in [6, 6.07) is -0.579. The van der Waals surface area contributed by atoms with E-state index < -0.39 is 28.0 Å². The number of carbonyl (C=O) groups is 2. The summed E-state index contributed by atoms with van der Waals surface area (Å²) in [5.41, 5.74) is 0. The van der Waals surface area contributed by atoms with Gasteiger partial charge in [0.05, 0.1) is 25.7 Å². The van der Waals surface area contributed by atoms with Crippen LogP contribution in [0.25, 0.3) is 0 Å². The van der Waals surface area contributed by atoms with E-state index >= 15 is 0 Å². The Morgan fingerprint density at radius 2 is 2.06 bits per heavy atom. The first-order chi connectivity index (χ1) is 8.34. The Morgan fingerprint density at radius 1 is 1.44 bits per heavy atom. The summed E-state index contributed by atoms with van der Waals surface area (Å²) in [6.07, 6.45) is 1.19. The first-order valence-electron chi connectivity index (χ1n) is 5.62. The third-order valence-corrected chi connectivity index (χ3v) is 4.12. The highest BCUT2D eigenvalue weighted by Crippen LogP contribution is 2.34. The molecule has 0 heterocycles. The topological polar surface area (TPSA) is 110 Å². The van der Waals surface area contributed by atoms with Crippen molar-refractivity contribution in [2.75, 3.05) is 12.9 Å². The van der Waals surface area contributed by atoms with E-state index in [9.17, 15) is 18.0 Å². The maximum absolute atomic E-state index is 11.7. The van der Waals surface area contributed by atoms with Gasteiger partial charge in [-0.1, -0.05) is 0 Å². The molecule has 0 aromatic heterocycles. The molecule has 1 unspecified atom stereocenters. The Hall–Kier alpha value is -1.15. The number of aliphatic carboxylic acids is 1. The normalized spacial score (nSPS) is 17.2. The van der Waals surface area contributed by atoms with Gasteiger partial charge in [-0.25, -0.2) is 13.1 Å². The molecule has 1 aliphatic carbocycles. The Balaban J connectivity index is 2.50. The van der Waals surface area contributed by atoms with E-state index in [4.69, 9.17) is 5.11 Å². The molecule has 0 amide bonds. The molecule has 7 nitrogen and oxygen atoms in total. The van der Waals surface area contributed by atoms with Crippen LogP contribution in [0, 0.1) is 5.92 Å². The number of sulfonamides is 1. The second kappa shape index (κ2) is 6.14. The van der Waals surface area contributed by atoms with Crippen LogP contribution in [0.4, 0.5) is 0 Å². The number of rotatable bonds is 8. The van der Waals surface area contributed by atoms with Gasteiger partial charge in [-0.15, -0.1) is 0 Å². The van der Waals surface area contributed by atoms with Crippen molar-refractivity contribution in [3.05, 3.63) is 0 Å². The van der Waals surface area contributed by atoms with Gasteiger partial charge in [-0.3, -0.25) is 9.59 Å². The number of carboxylic acid groups (broad SMARTS) is 1. The summed E-state index contributed by atoms with van der Waals surface area (Å²) in [7, 11) is -2.47. The van der Waals surface area contributed by atoms with Crippen LogP contribution in [-0.2, 0) is 24.3 Å². The average molecular weight is 279 g/mol. The van der Waals surface area contributed by atoms with Crippen molar-refractivity contribution in [1.29, 1.82) is 0 Å². The minimum absolute atomic E-state index is 0.0917. The van der Waals surface area contributed by atoms with Crippen LogP contribution in [0.1, 0.15) is 25.7 Å². The molecular weight excluding hydrogens is 262 g/mol. The number of hydrogen-bond acceptors (Lipinski definition) is 5. The second-order valence-electron chi connectivity index (χ2n) is 4.30. The SMILES string of the molecule is COC(=O)CCS(=O)(=O)NC(CC(=O)O)C1CC1. The third-order valence-electron chi connectivity index (χ3n) is 2.72. The van der Waals surface area contributed by atoms with Crippen molar-refractivity contribution >= 4 is 22.0 Å². The van der Waals surface area contributed by atoms with Crippen molar-refractivity contribution in [2.24, 2.45) is 5.92 Å². The maximum Gasteiger partial charge on any atom is 0.306 e. The van der Waals surface area contributed by atoms with E-state index in [2.05, 4.69) is 9.46 Å². The number of carboxylic acids is 1. The molecule has 0 radical (unpaired) electrons. The fourth-order valence-electron chi connectivity index (χ4n) is 1.60. The standard InChI is InChI=1S/C10H17NO6S/c1-17-10(14)4-5-18(15,16)11-8(6-9(12)13)7-2-3-7/h7-8,11H,2-6H2,1H3,(H,12,13). The summed E-state index contributed by atoms with van der Waals surface area (Å²) in [6.45, 7) is 0. The molecule has 1 fully saturated rings. The molecule has 104 valence electrons. The Bertz CT molecular complexity index is 414. The lowest BCUT2D eigenvalue weighted by atomic mass is 10.1. The predicted octanol–water partition coefficient (Wildman–Crippen LogP) is -0.278. The van der Waals surface area contributed by atoms with Crippen LogP contribution < -0.4 is 4.72 Å². The molecule has 1 aliphatic rings. The van der Waals surface area contributed by atoms with Crippen LogP contribution in [0.15, 0.2) is 0 Å². The Kier molecular flexibility index (Phi) is 5.09. The zero-order valence-electron chi connectivity index (χ0n) is 10.1. The minimum atomic E-state index is -3.65. The number of ether oxygens (including phenoxy) is 1. The zero-order chi connectivity index (χ0) is 13.8. The van der Waals surface area contributed by atoms with E-state index in [0.717, 1.165) is 12.8 Å². The van der Waals surface area contributed by atoms with E-state index in [1.807, 2.05) is 0 Å². The van der Waals surface area contributed by atoms with Gasteiger partial charge in [0.15, 0.2) is 0 Å². The lowest BCUT2D eigenvalue weighted by molar-refractivity contribution is -0.140. The van der Waals surface area contributed by atoms with Gasteiger partial charge in [0.2, 0.25) is 10.0 Å². The van der Waals surface area contributed by atoms with Crippen molar-refractivity contribution in [1.82, 2.24) is 4.72 Å². The molecule has 8 heteroatoms. The highest BCUT2D eigenvalue weighted by Gasteiger charge is 2.35. The summed E-state index contributed by atoms with van der Waals surface area (Å²) < 4.78 is 30.0. The quantitative estimate of drug-likeness (QED) is 0.591. The summed E-state index contributed by atoms with van der Waals surface area (Å²) in [4.78, 5) is 21.5. The number of nitrogens with one attached hydrogen (secondary N) is 1. The molecule has 0 spiro atoms. The summed E-state index contributed by atoms with van der Waals surface area (Å²) in [5, 5.41) is 8.70. The van der Waals surface area contributed by atoms with Gasteiger partial charge in [0.25, 0.3) is 0 Å². The molecular formula is C10H17NO6S. The Morgan fingerprint density at radius 3 is 2.50 bits per heavy atom. The average Bonchev–Trinajstić information content (AvgIpc) is 3.07. The first-order valence-corrected chi connectivity index (χ1v) is 7.28. The number of hydrogen-bond donors (Lipinski definition) is 2. The number of methoxy groups -OCH3 is 1. The second-order valence-corrected chi connectivity index (χ2v) is 6.18. The van der Waals surface area contributed by atoms with E-state index in [-0.39, 0.29) is 24.5 Å². The molecule has 1 saturated carbocycles. The van der Waals surface area contributed by atoms with E-state index in [0.29, 0.717) is 0 Å².